The largest absolute Gasteiger partial charge is 0.276 e. The van der Waals surface area contributed by atoms with Gasteiger partial charge in [-0.1, -0.05) is 24.9 Å². The average Bonchev–Trinajstić information content (AvgIpc) is 1.87. The van der Waals surface area contributed by atoms with Crippen LogP contribution in [0.1, 0.15) is 33.1 Å². The van der Waals surface area contributed by atoms with Crippen molar-refractivity contribution < 1.29 is 4.79 Å². The molecule has 0 aliphatic heterocycles. The van der Waals surface area contributed by atoms with Crippen LogP contribution in [0, 0.1) is 0 Å². The lowest BCUT2D eigenvalue weighted by Gasteiger charge is -2.00. The highest BCUT2D eigenvalue weighted by molar-refractivity contribution is 6.68. The predicted molar refractivity (Wildman–Crippen MR) is 48.9 cm³/mol. The van der Waals surface area contributed by atoms with Crippen LogP contribution in [0.25, 0.3) is 0 Å². The molecule has 64 valence electrons. The van der Waals surface area contributed by atoms with Gasteiger partial charge in [-0.2, -0.15) is 0 Å². The number of rotatable bonds is 4. The van der Waals surface area contributed by atoms with E-state index in [9.17, 15) is 4.79 Å². The van der Waals surface area contributed by atoms with E-state index in [1.165, 1.54) is 0 Å². The minimum absolute atomic E-state index is 0.425. The van der Waals surface area contributed by atoms with Crippen molar-refractivity contribution in [2.75, 3.05) is 0 Å². The maximum atomic E-state index is 10.7. The fourth-order valence-corrected chi connectivity index (χ4v) is 1.22. The number of halogens is 2. The van der Waals surface area contributed by atoms with Gasteiger partial charge in [0, 0.05) is 10.6 Å². The summed E-state index contributed by atoms with van der Waals surface area (Å²) in [7, 11) is 0. The lowest BCUT2D eigenvalue weighted by molar-refractivity contribution is -0.108. The van der Waals surface area contributed by atoms with Crippen molar-refractivity contribution in [3.05, 3.63) is 10.6 Å². The topological polar surface area (TPSA) is 17.1 Å². The second kappa shape index (κ2) is 5.62. The van der Waals surface area contributed by atoms with Crippen molar-refractivity contribution in [1.29, 1.82) is 0 Å². The van der Waals surface area contributed by atoms with E-state index in [1.807, 2.05) is 0 Å². The molecule has 11 heavy (non-hydrogen) atoms. The minimum atomic E-state index is -0.425. The standard InChI is InChI=1S/C8H12Cl2O/c1-3-4-5-7(6(2)9)8(10)11/h3-5H2,1-2H3. The molecule has 0 saturated heterocycles. The Morgan fingerprint density at radius 2 is 1.91 bits per heavy atom. The van der Waals surface area contributed by atoms with Gasteiger partial charge >= 0.3 is 0 Å². The molecule has 0 aromatic rings. The van der Waals surface area contributed by atoms with Crippen molar-refractivity contribution >= 4 is 28.4 Å². The Morgan fingerprint density at radius 3 is 2.18 bits per heavy atom. The minimum Gasteiger partial charge on any atom is -0.276 e. The van der Waals surface area contributed by atoms with E-state index in [-0.39, 0.29) is 0 Å². The van der Waals surface area contributed by atoms with Crippen LogP contribution in [-0.4, -0.2) is 5.24 Å². The molecular weight excluding hydrogens is 183 g/mol. The molecule has 0 spiro atoms. The Hall–Kier alpha value is -0.0100. The Morgan fingerprint density at radius 1 is 1.36 bits per heavy atom. The molecule has 0 saturated carbocycles. The Kier molecular flexibility index (Phi) is 5.61. The maximum Gasteiger partial charge on any atom is 0.249 e. The van der Waals surface area contributed by atoms with Crippen LogP contribution in [0.4, 0.5) is 0 Å². The molecule has 0 unspecified atom stereocenters. The van der Waals surface area contributed by atoms with Crippen LogP contribution >= 0.6 is 23.2 Å². The van der Waals surface area contributed by atoms with E-state index < -0.39 is 5.24 Å². The molecule has 0 aliphatic carbocycles. The first-order valence-electron chi connectivity index (χ1n) is 3.64. The zero-order chi connectivity index (χ0) is 8.85. The van der Waals surface area contributed by atoms with E-state index in [0.29, 0.717) is 17.0 Å². The molecule has 0 fully saturated rings. The first kappa shape index (κ1) is 11.0. The average molecular weight is 195 g/mol. The second-order valence-corrected chi connectivity index (χ2v) is 3.30. The van der Waals surface area contributed by atoms with Crippen molar-refractivity contribution in [1.82, 2.24) is 0 Å². The molecular formula is C8H12Cl2O. The van der Waals surface area contributed by atoms with E-state index in [0.717, 1.165) is 12.8 Å². The lowest BCUT2D eigenvalue weighted by atomic mass is 10.1. The van der Waals surface area contributed by atoms with Gasteiger partial charge in [-0.25, -0.2) is 0 Å². The first-order chi connectivity index (χ1) is 5.09. The van der Waals surface area contributed by atoms with Gasteiger partial charge in [0.1, 0.15) is 0 Å². The highest BCUT2D eigenvalue weighted by Gasteiger charge is 2.07. The van der Waals surface area contributed by atoms with Gasteiger partial charge in [-0.05, 0) is 31.4 Å². The first-order valence-corrected chi connectivity index (χ1v) is 4.40. The van der Waals surface area contributed by atoms with Gasteiger partial charge in [-0.3, -0.25) is 4.79 Å². The van der Waals surface area contributed by atoms with Gasteiger partial charge < -0.3 is 0 Å². The summed E-state index contributed by atoms with van der Waals surface area (Å²) in [6.45, 7) is 3.74. The van der Waals surface area contributed by atoms with Crippen LogP contribution in [0.5, 0.6) is 0 Å². The fraction of sp³-hybridized carbons (Fsp3) is 0.625. The maximum absolute atomic E-state index is 10.7. The van der Waals surface area contributed by atoms with Crippen molar-refractivity contribution in [3.8, 4) is 0 Å². The monoisotopic (exact) mass is 194 g/mol. The van der Waals surface area contributed by atoms with Crippen LogP contribution in [-0.2, 0) is 4.79 Å². The van der Waals surface area contributed by atoms with Gasteiger partial charge in [0.25, 0.3) is 0 Å². The molecule has 0 aliphatic rings. The smallest absolute Gasteiger partial charge is 0.249 e. The van der Waals surface area contributed by atoms with Crippen LogP contribution in [0.2, 0.25) is 0 Å². The molecule has 0 radical (unpaired) electrons. The Bertz CT molecular complexity index is 169. The molecule has 0 bridgehead atoms. The van der Waals surface area contributed by atoms with Crippen molar-refractivity contribution in [3.63, 3.8) is 0 Å². The summed E-state index contributed by atoms with van der Waals surface area (Å²) < 4.78 is 0. The van der Waals surface area contributed by atoms with E-state index in [4.69, 9.17) is 23.2 Å². The molecule has 0 amide bonds. The molecule has 0 aromatic heterocycles. The quantitative estimate of drug-likeness (QED) is 0.495. The summed E-state index contributed by atoms with van der Waals surface area (Å²) in [5.41, 5.74) is 0.551. The number of hydrogen-bond donors (Lipinski definition) is 0. The normalized spacial score (nSPS) is 12.7. The Labute approximate surface area is 77.4 Å². The third-order valence-electron chi connectivity index (χ3n) is 1.43. The summed E-state index contributed by atoms with van der Waals surface area (Å²) >= 11 is 10.9. The predicted octanol–water partition coefficient (Wildman–Crippen LogP) is 3.45. The van der Waals surface area contributed by atoms with Crippen LogP contribution in [0.3, 0.4) is 0 Å². The van der Waals surface area contributed by atoms with Gasteiger partial charge in [-0.15, -0.1) is 0 Å². The number of carbonyl (C=O) groups is 1. The molecule has 0 N–H and O–H groups in total. The number of unbranched alkanes of at least 4 members (excludes halogenated alkanes) is 1. The van der Waals surface area contributed by atoms with E-state index >= 15 is 0 Å². The van der Waals surface area contributed by atoms with Crippen LogP contribution < -0.4 is 0 Å². The number of carbonyl (C=O) groups excluding carboxylic acids is 1. The third kappa shape index (κ3) is 4.44. The van der Waals surface area contributed by atoms with Gasteiger partial charge in [0.05, 0.1) is 0 Å². The molecule has 0 aromatic carbocycles. The van der Waals surface area contributed by atoms with Crippen molar-refractivity contribution in [2.45, 2.75) is 33.1 Å². The SMILES string of the molecule is CCCCC(C(=O)Cl)=C(C)Cl. The highest BCUT2D eigenvalue weighted by Crippen LogP contribution is 2.17. The molecule has 0 atom stereocenters. The fourth-order valence-electron chi connectivity index (χ4n) is 0.759. The summed E-state index contributed by atoms with van der Waals surface area (Å²) in [5, 5.41) is 0.0874. The summed E-state index contributed by atoms with van der Waals surface area (Å²) in [6.07, 6.45) is 2.68. The van der Waals surface area contributed by atoms with Gasteiger partial charge in [0.2, 0.25) is 5.24 Å². The lowest BCUT2D eigenvalue weighted by Crippen LogP contribution is -1.95. The van der Waals surface area contributed by atoms with E-state index in [2.05, 4.69) is 6.92 Å². The summed E-state index contributed by atoms with van der Waals surface area (Å²) in [6, 6.07) is 0. The van der Waals surface area contributed by atoms with Crippen LogP contribution in [0.15, 0.2) is 10.6 Å². The summed E-state index contributed by atoms with van der Waals surface area (Å²) in [5.74, 6) is 0. The number of hydrogen-bond acceptors (Lipinski definition) is 1. The Balaban J connectivity index is 4.14. The zero-order valence-electron chi connectivity index (χ0n) is 6.79. The summed E-state index contributed by atoms with van der Waals surface area (Å²) in [4.78, 5) is 10.7. The third-order valence-corrected chi connectivity index (χ3v) is 1.89. The molecule has 3 heteroatoms. The van der Waals surface area contributed by atoms with Gasteiger partial charge in [0.15, 0.2) is 0 Å². The van der Waals surface area contributed by atoms with E-state index in [1.54, 1.807) is 6.92 Å². The van der Waals surface area contributed by atoms with Crippen molar-refractivity contribution in [2.24, 2.45) is 0 Å². The molecule has 1 nitrogen and oxygen atoms in total. The number of allylic oxidation sites excluding steroid dienone is 2. The molecule has 0 heterocycles. The second-order valence-electron chi connectivity index (χ2n) is 2.39. The molecule has 0 rings (SSSR count). The highest BCUT2D eigenvalue weighted by atomic mass is 35.5. The zero-order valence-corrected chi connectivity index (χ0v) is 8.30.